The van der Waals surface area contributed by atoms with E-state index in [1.807, 2.05) is 0 Å². The Labute approximate surface area is 281 Å². The molecule has 5 rings (SSSR count). The molecule has 3 aromatic rings. The lowest BCUT2D eigenvalue weighted by Crippen LogP contribution is -2.51. The van der Waals surface area contributed by atoms with E-state index in [1.165, 1.54) is 17.0 Å². The Hall–Kier alpha value is -3.06. The first kappa shape index (κ1) is 35.3. The lowest BCUT2D eigenvalue weighted by molar-refractivity contribution is 0.0565. The zero-order valence-corrected chi connectivity index (χ0v) is 32.2. The number of aromatic nitrogens is 3. The number of nitrogens with one attached hydrogen (secondary N) is 1. The average molecular weight is 681 g/mol. The number of hydrogen-bond acceptors (Lipinski definition) is 6. The molecule has 0 saturated carbocycles. The molecule has 1 aliphatic carbocycles. The fourth-order valence-electron chi connectivity index (χ4n) is 9.33. The van der Waals surface area contributed by atoms with Gasteiger partial charge in [-0.3, -0.25) is 19.6 Å². The van der Waals surface area contributed by atoms with Crippen LogP contribution in [0.15, 0.2) is 18.2 Å². The van der Waals surface area contributed by atoms with Crippen LogP contribution in [0.1, 0.15) is 134 Å². The van der Waals surface area contributed by atoms with Crippen molar-refractivity contribution in [3.05, 3.63) is 46.3 Å². The number of carbonyl (C=O) groups is 2. The summed E-state index contributed by atoms with van der Waals surface area (Å²) in [6.45, 7) is 26.3. The zero-order chi connectivity index (χ0) is 34.7. The van der Waals surface area contributed by atoms with Crippen molar-refractivity contribution < 1.29 is 22.8 Å². The number of amides is 2. The van der Waals surface area contributed by atoms with Gasteiger partial charge in [0.25, 0.3) is 28.4 Å². The molecular weight excluding hydrogens is 628 g/mol. The Balaban J connectivity index is 1.83. The van der Waals surface area contributed by atoms with E-state index >= 15 is 0 Å². The topological polar surface area (TPSA) is 97.4 Å². The summed E-state index contributed by atoms with van der Waals surface area (Å²) in [5.41, 5.74) is 4.29. The molecule has 8 nitrogen and oxygen atoms in total. The van der Waals surface area contributed by atoms with Gasteiger partial charge in [-0.1, -0.05) is 94.4 Å². The third-order valence-corrected chi connectivity index (χ3v) is 23.2. The second-order valence-corrected chi connectivity index (χ2v) is 26.3. The molecule has 2 aromatic carbocycles. The van der Waals surface area contributed by atoms with Gasteiger partial charge in [-0.25, -0.2) is 4.39 Å². The molecule has 0 saturated heterocycles. The number of benzene rings is 2. The van der Waals surface area contributed by atoms with Gasteiger partial charge in [-0.2, -0.15) is 0 Å². The number of rotatable bonds is 11. The number of aromatic amines is 1. The van der Waals surface area contributed by atoms with Gasteiger partial charge in [0.2, 0.25) is 0 Å². The largest absolute Gasteiger partial charge is 0.541 e. The molecule has 0 spiro atoms. The van der Waals surface area contributed by atoms with Gasteiger partial charge in [0.15, 0.2) is 5.52 Å². The molecule has 0 bridgehead atoms. The molecule has 2 aliphatic rings. The van der Waals surface area contributed by atoms with E-state index in [0.717, 1.165) is 17.5 Å². The SMILES string of the molecule is CC(C)[Si](Oc1c2c(c(O[Si](C(C)C)(C(C)C)C(C)C)c3[nH]nnc13)C(=O)N(C1CCCc3cc(F)ccc31)C2=O)(C(C)C)C(C)C. The van der Waals surface area contributed by atoms with Crippen LogP contribution in [0.5, 0.6) is 11.5 Å². The predicted molar refractivity (Wildman–Crippen MR) is 190 cm³/mol. The standard InChI is InChI=1S/C36H53FN4O4Si2/c1-19(2)46(20(3)4,21(5)6)44-33-29-30(34(32-31(33)38-40-39-32)45-47(22(7)8,23(9)10)24(11)12)36(43)41(35(29)42)28-15-13-14-25-18-26(37)16-17-27(25)28/h16-24,28H,13-15H2,1-12H3,(H,38,39,40). The Morgan fingerprint density at radius 2 is 1.28 bits per heavy atom. The van der Waals surface area contributed by atoms with Gasteiger partial charge in [0.05, 0.1) is 17.2 Å². The summed E-state index contributed by atoms with van der Waals surface area (Å²) >= 11 is 0. The summed E-state index contributed by atoms with van der Waals surface area (Å²) in [6.07, 6.45) is 2.03. The molecule has 0 fully saturated rings. The van der Waals surface area contributed by atoms with Crippen molar-refractivity contribution in [2.45, 2.75) is 142 Å². The third kappa shape index (κ3) is 5.36. The molecule has 256 valence electrons. The van der Waals surface area contributed by atoms with E-state index in [2.05, 4.69) is 98.5 Å². The maximum Gasteiger partial charge on any atom is 0.266 e. The molecule has 2 amide bonds. The van der Waals surface area contributed by atoms with Crippen molar-refractivity contribution in [2.24, 2.45) is 0 Å². The fraction of sp³-hybridized carbons (Fsp3) is 0.611. The summed E-state index contributed by atoms with van der Waals surface area (Å²) in [5.74, 6) is -0.450. The van der Waals surface area contributed by atoms with Crippen LogP contribution in [0.4, 0.5) is 4.39 Å². The summed E-state index contributed by atoms with van der Waals surface area (Å²) in [4.78, 5) is 31.3. The van der Waals surface area contributed by atoms with Crippen LogP contribution in [-0.2, 0) is 6.42 Å². The van der Waals surface area contributed by atoms with Crippen molar-refractivity contribution in [3.63, 3.8) is 0 Å². The Bertz CT molecular complexity index is 1550. The third-order valence-electron chi connectivity index (χ3n) is 11.2. The highest BCUT2D eigenvalue weighted by atomic mass is 28.4. The van der Waals surface area contributed by atoms with Crippen LogP contribution in [-0.4, -0.2) is 48.8 Å². The molecule has 11 heteroatoms. The molecule has 1 unspecified atom stereocenters. The summed E-state index contributed by atoms with van der Waals surface area (Å²) in [6, 6.07) is 4.15. The van der Waals surface area contributed by atoms with Crippen LogP contribution >= 0.6 is 0 Å². The van der Waals surface area contributed by atoms with Gasteiger partial charge >= 0.3 is 0 Å². The first-order valence-electron chi connectivity index (χ1n) is 17.5. The van der Waals surface area contributed by atoms with E-state index in [1.54, 1.807) is 6.07 Å². The smallest absolute Gasteiger partial charge is 0.266 e. The number of hydrogen-bond donors (Lipinski definition) is 1. The normalized spacial score (nSPS) is 17.3. The number of nitrogens with zero attached hydrogens (tertiary/aromatic N) is 3. The molecule has 1 aliphatic heterocycles. The maximum atomic E-state index is 15.0. The Kier molecular flexibility index (Phi) is 9.57. The second kappa shape index (κ2) is 12.8. The summed E-state index contributed by atoms with van der Waals surface area (Å²) in [7, 11) is -5.26. The van der Waals surface area contributed by atoms with Gasteiger partial charge in [0, 0.05) is 0 Å². The number of fused-ring (bicyclic) bond motifs is 3. The number of aryl methyl sites for hydroxylation is 1. The van der Waals surface area contributed by atoms with Gasteiger partial charge in [-0.15, -0.1) is 5.10 Å². The molecule has 1 aromatic heterocycles. The molecule has 1 atom stereocenters. The Morgan fingerprint density at radius 1 is 0.787 bits per heavy atom. The molecule has 2 heterocycles. The van der Waals surface area contributed by atoms with Crippen LogP contribution in [0, 0.1) is 5.82 Å². The van der Waals surface area contributed by atoms with Crippen molar-refractivity contribution in [1.29, 1.82) is 0 Å². The summed E-state index contributed by atoms with van der Waals surface area (Å²) in [5, 5.41) is 11.8. The lowest BCUT2D eigenvalue weighted by Gasteiger charge is -2.43. The van der Waals surface area contributed by atoms with Crippen LogP contribution in [0.25, 0.3) is 11.0 Å². The molecule has 47 heavy (non-hydrogen) atoms. The maximum absolute atomic E-state index is 15.0. The quantitative estimate of drug-likeness (QED) is 0.160. The fourth-order valence-corrected chi connectivity index (χ4v) is 19.9. The molecule has 1 N–H and O–H groups in total. The van der Waals surface area contributed by atoms with E-state index in [0.29, 0.717) is 35.4 Å². The lowest BCUT2D eigenvalue weighted by atomic mass is 9.86. The molecule has 0 radical (unpaired) electrons. The number of carbonyl (C=O) groups excluding carboxylic acids is 2. The predicted octanol–water partition coefficient (Wildman–Crippen LogP) is 9.88. The first-order valence-corrected chi connectivity index (χ1v) is 21.7. The number of H-pyrrole nitrogens is 1. The molecular formula is C36H53FN4O4Si2. The van der Waals surface area contributed by atoms with Crippen molar-refractivity contribution in [3.8, 4) is 11.5 Å². The average Bonchev–Trinajstić information content (AvgIpc) is 3.56. The second-order valence-electron chi connectivity index (χ2n) is 15.5. The van der Waals surface area contributed by atoms with Crippen LogP contribution < -0.4 is 8.85 Å². The number of imide groups is 1. The Morgan fingerprint density at radius 3 is 1.79 bits per heavy atom. The van der Waals surface area contributed by atoms with Crippen molar-refractivity contribution >= 4 is 39.5 Å². The minimum Gasteiger partial charge on any atom is -0.541 e. The highest BCUT2D eigenvalue weighted by molar-refractivity contribution is 6.79. The zero-order valence-electron chi connectivity index (χ0n) is 30.2. The number of halogens is 1. The minimum absolute atomic E-state index is 0.210. The van der Waals surface area contributed by atoms with E-state index in [9.17, 15) is 14.0 Å². The van der Waals surface area contributed by atoms with Crippen LogP contribution in [0.2, 0.25) is 33.2 Å². The van der Waals surface area contributed by atoms with Crippen molar-refractivity contribution in [1.82, 2.24) is 20.3 Å². The highest BCUT2D eigenvalue weighted by Gasteiger charge is 2.54. The van der Waals surface area contributed by atoms with E-state index in [4.69, 9.17) is 8.85 Å². The summed E-state index contributed by atoms with van der Waals surface area (Å²) < 4.78 is 28.9. The van der Waals surface area contributed by atoms with Gasteiger partial charge in [0.1, 0.15) is 22.8 Å². The van der Waals surface area contributed by atoms with E-state index in [-0.39, 0.29) is 50.2 Å². The van der Waals surface area contributed by atoms with Crippen molar-refractivity contribution in [2.75, 3.05) is 0 Å². The van der Waals surface area contributed by atoms with E-state index < -0.39 is 34.5 Å². The van der Waals surface area contributed by atoms with Gasteiger partial charge < -0.3 is 8.85 Å². The minimum atomic E-state index is -2.63. The van der Waals surface area contributed by atoms with Crippen LogP contribution in [0.3, 0.4) is 0 Å². The first-order chi connectivity index (χ1) is 22.0. The highest BCUT2D eigenvalue weighted by Crippen LogP contribution is 2.53. The monoisotopic (exact) mass is 680 g/mol. The van der Waals surface area contributed by atoms with Gasteiger partial charge in [-0.05, 0) is 75.8 Å².